The standard InChI is InChI=1S/C17H23N5OS2/c1-4-11-18-16-20-21-17(25-16)24-12-15(23)19-13-7-9-14(10-8-13)22(5-2)6-3/h4,7-10H,1,5-6,11-12H2,2-3H3,(H,18,20)(H,19,23). The fourth-order valence-corrected chi connectivity index (χ4v) is 3.73. The Morgan fingerprint density at radius 2 is 2.00 bits per heavy atom. The van der Waals surface area contributed by atoms with Crippen molar-refractivity contribution in [3.8, 4) is 0 Å². The maximum Gasteiger partial charge on any atom is 0.234 e. The zero-order chi connectivity index (χ0) is 18.1. The van der Waals surface area contributed by atoms with Crippen LogP contribution in [0.5, 0.6) is 0 Å². The maximum absolute atomic E-state index is 12.1. The molecule has 2 N–H and O–H groups in total. The first-order valence-corrected chi connectivity index (χ1v) is 9.92. The second-order valence-electron chi connectivity index (χ2n) is 5.10. The lowest BCUT2D eigenvalue weighted by Crippen LogP contribution is -2.21. The van der Waals surface area contributed by atoms with Crippen molar-refractivity contribution in [2.45, 2.75) is 18.2 Å². The van der Waals surface area contributed by atoms with Crippen molar-refractivity contribution in [2.24, 2.45) is 0 Å². The minimum Gasteiger partial charge on any atom is -0.372 e. The molecule has 2 aromatic rings. The Bertz CT molecular complexity index is 683. The summed E-state index contributed by atoms with van der Waals surface area (Å²) in [6, 6.07) is 7.91. The van der Waals surface area contributed by atoms with Gasteiger partial charge in [-0.2, -0.15) is 0 Å². The second-order valence-corrected chi connectivity index (χ2v) is 7.30. The number of nitrogens with zero attached hydrogens (tertiary/aromatic N) is 3. The third kappa shape index (κ3) is 6.06. The van der Waals surface area contributed by atoms with E-state index in [1.807, 2.05) is 24.3 Å². The number of rotatable bonds is 10. The third-order valence-corrected chi connectivity index (χ3v) is 5.42. The molecule has 0 bridgehead atoms. The molecule has 0 aliphatic carbocycles. The van der Waals surface area contributed by atoms with Gasteiger partial charge in [0.25, 0.3) is 0 Å². The van der Waals surface area contributed by atoms with Crippen LogP contribution in [0.3, 0.4) is 0 Å². The van der Waals surface area contributed by atoms with Gasteiger partial charge >= 0.3 is 0 Å². The summed E-state index contributed by atoms with van der Waals surface area (Å²) in [6.45, 7) is 10.5. The monoisotopic (exact) mass is 377 g/mol. The molecule has 1 aromatic heterocycles. The van der Waals surface area contributed by atoms with Gasteiger partial charge in [-0.3, -0.25) is 4.79 Å². The van der Waals surface area contributed by atoms with Gasteiger partial charge in [-0.1, -0.05) is 29.2 Å². The highest BCUT2D eigenvalue weighted by Crippen LogP contribution is 2.25. The summed E-state index contributed by atoms with van der Waals surface area (Å²) in [5.41, 5.74) is 1.96. The molecular formula is C17H23N5OS2. The van der Waals surface area contributed by atoms with Crippen LogP contribution < -0.4 is 15.5 Å². The summed E-state index contributed by atoms with van der Waals surface area (Å²) in [4.78, 5) is 14.3. The molecule has 1 amide bonds. The van der Waals surface area contributed by atoms with E-state index in [9.17, 15) is 4.79 Å². The second kappa shape index (κ2) is 10.0. The van der Waals surface area contributed by atoms with Gasteiger partial charge in [-0.15, -0.1) is 16.8 Å². The van der Waals surface area contributed by atoms with Crippen LogP contribution in [0.15, 0.2) is 41.3 Å². The molecule has 0 atom stereocenters. The van der Waals surface area contributed by atoms with Crippen molar-refractivity contribution in [2.75, 3.05) is 40.9 Å². The van der Waals surface area contributed by atoms with E-state index in [0.717, 1.165) is 33.9 Å². The zero-order valence-corrected chi connectivity index (χ0v) is 16.1. The van der Waals surface area contributed by atoms with E-state index in [4.69, 9.17) is 0 Å². The number of benzene rings is 1. The van der Waals surface area contributed by atoms with E-state index in [0.29, 0.717) is 12.3 Å². The molecule has 0 radical (unpaired) electrons. The van der Waals surface area contributed by atoms with Crippen LogP contribution >= 0.6 is 23.1 Å². The molecule has 0 saturated heterocycles. The summed E-state index contributed by atoms with van der Waals surface area (Å²) in [5, 5.41) is 14.8. The molecule has 0 saturated carbocycles. The number of hydrogen-bond donors (Lipinski definition) is 2. The van der Waals surface area contributed by atoms with Crippen LogP contribution in [-0.2, 0) is 4.79 Å². The topological polar surface area (TPSA) is 70.1 Å². The summed E-state index contributed by atoms with van der Waals surface area (Å²) in [5.74, 6) is 0.241. The van der Waals surface area contributed by atoms with E-state index < -0.39 is 0 Å². The molecule has 8 heteroatoms. The van der Waals surface area contributed by atoms with Gasteiger partial charge in [-0.25, -0.2) is 0 Å². The van der Waals surface area contributed by atoms with Crippen molar-refractivity contribution in [1.82, 2.24) is 10.2 Å². The Morgan fingerprint density at radius 1 is 1.28 bits per heavy atom. The molecule has 6 nitrogen and oxygen atoms in total. The highest BCUT2D eigenvalue weighted by Gasteiger charge is 2.09. The predicted octanol–water partition coefficient (Wildman–Crippen LogP) is 3.71. The van der Waals surface area contributed by atoms with Crippen molar-refractivity contribution in [1.29, 1.82) is 0 Å². The van der Waals surface area contributed by atoms with E-state index in [-0.39, 0.29) is 5.91 Å². The summed E-state index contributed by atoms with van der Waals surface area (Å²) >= 11 is 2.80. The lowest BCUT2D eigenvalue weighted by molar-refractivity contribution is -0.113. The maximum atomic E-state index is 12.1. The first-order chi connectivity index (χ1) is 12.2. The zero-order valence-electron chi connectivity index (χ0n) is 14.5. The van der Waals surface area contributed by atoms with E-state index in [1.165, 1.54) is 23.1 Å². The molecule has 0 aliphatic rings. The summed E-state index contributed by atoms with van der Waals surface area (Å²) < 4.78 is 0.763. The molecule has 1 heterocycles. The normalized spacial score (nSPS) is 10.3. The molecule has 0 spiro atoms. The molecule has 0 fully saturated rings. The van der Waals surface area contributed by atoms with Crippen molar-refractivity contribution in [3.05, 3.63) is 36.9 Å². The van der Waals surface area contributed by atoms with Crippen LogP contribution in [0.2, 0.25) is 0 Å². The number of hydrogen-bond acceptors (Lipinski definition) is 7. The Hall–Kier alpha value is -2.06. The average Bonchev–Trinajstić information content (AvgIpc) is 3.08. The van der Waals surface area contributed by atoms with Crippen LogP contribution in [0, 0.1) is 0 Å². The third-order valence-electron chi connectivity index (χ3n) is 3.41. The van der Waals surface area contributed by atoms with E-state index >= 15 is 0 Å². The number of aromatic nitrogens is 2. The largest absolute Gasteiger partial charge is 0.372 e. The van der Waals surface area contributed by atoms with E-state index in [1.54, 1.807) is 6.08 Å². The first kappa shape index (κ1) is 19.3. The number of anilines is 3. The number of amides is 1. The van der Waals surface area contributed by atoms with Gasteiger partial charge in [0.05, 0.1) is 5.75 Å². The predicted molar refractivity (Wildman–Crippen MR) is 108 cm³/mol. The molecule has 2 rings (SSSR count). The van der Waals surface area contributed by atoms with Gasteiger partial charge < -0.3 is 15.5 Å². The van der Waals surface area contributed by atoms with Crippen LogP contribution in [0.1, 0.15) is 13.8 Å². The fourth-order valence-electron chi connectivity index (χ4n) is 2.17. The van der Waals surface area contributed by atoms with Gasteiger partial charge in [0.15, 0.2) is 4.34 Å². The molecule has 25 heavy (non-hydrogen) atoms. The Balaban J connectivity index is 1.81. The van der Waals surface area contributed by atoms with Gasteiger partial charge in [0.1, 0.15) is 0 Å². The summed E-state index contributed by atoms with van der Waals surface area (Å²) in [7, 11) is 0. The molecule has 0 unspecified atom stereocenters. The van der Waals surface area contributed by atoms with Gasteiger partial charge in [0.2, 0.25) is 11.0 Å². The smallest absolute Gasteiger partial charge is 0.234 e. The minimum absolute atomic E-state index is 0.0589. The number of carbonyl (C=O) groups is 1. The molecular weight excluding hydrogens is 354 g/mol. The Kier molecular flexibility index (Phi) is 7.75. The molecule has 1 aromatic carbocycles. The SMILES string of the molecule is C=CCNc1nnc(SCC(=O)Nc2ccc(N(CC)CC)cc2)s1. The van der Waals surface area contributed by atoms with E-state index in [2.05, 4.69) is 46.2 Å². The van der Waals surface area contributed by atoms with Crippen LogP contribution in [0.25, 0.3) is 0 Å². The fraction of sp³-hybridized carbons (Fsp3) is 0.353. The highest BCUT2D eigenvalue weighted by atomic mass is 32.2. The Labute approximate surface area is 156 Å². The quantitative estimate of drug-likeness (QED) is 0.486. The van der Waals surface area contributed by atoms with Gasteiger partial charge in [-0.05, 0) is 38.1 Å². The number of thioether (sulfide) groups is 1. The number of nitrogens with one attached hydrogen (secondary N) is 2. The summed E-state index contributed by atoms with van der Waals surface area (Å²) in [6.07, 6.45) is 1.76. The lowest BCUT2D eigenvalue weighted by Gasteiger charge is -2.21. The molecule has 0 aliphatic heterocycles. The first-order valence-electron chi connectivity index (χ1n) is 8.12. The van der Waals surface area contributed by atoms with Crippen LogP contribution in [-0.4, -0.2) is 41.5 Å². The van der Waals surface area contributed by atoms with Crippen molar-refractivity contribution >= 4 is 45.5 Å². The van der Waals surface area contributed by atoms with Crippen molar-refractivity contribution in [3.63, 3.8) is 0 Å². The van der Waals surface area contributed by atoms with Crippen LogP contribution in [0.4, 0.5) is 16.5 Å². The van der Waals surface area contributed by atoms with Gasteiger partial charge in [0, 0.05) is 31.0 Å². The highest BCUT2D eigenvalue weighted by molar-refractivity contribution is 8.01. The molecule has 134 valence electrons. The number of carbonyl (C=O) groups excluding carboxylic acids is 1. The Morgan fingerprint density at radius 3 is 2.64 bits per heavy atom. The van der Waals surface area contributed by atoms with Crippen molar-refractivity contribution < 1.29 is 4.79 Å². The lowest BCUT2D eigenvalue weighted by atomic mass is 10.2. The average molecular weight is 378 g/mol. The minimum atomic E-state index is -0.0589.